The molecule has 3 rings (SSSR count). The van der Waals surface area contributed by atoms with E-state index in [4.69, 9.17) is 18.5 Å². The molecule has 8 heteroatoms. The predicted octanol–water partition coefficient (Wildman–Crippen LogP) is 4.22. The van der Waals surface area contributed by atoms with Gasteiger partial charge in [-0.2, -0.15) is 0 Å². The SMILES string of the molecule is CCOP(=O)(NC(=O)[C@@]12C[C@H](OCc3ccccc3)[C@@](C)(C1)OC2(C)C)OCC. The van der Waals surface area contributed by atoms with E-state index in [1.54, 1.807) is 13.8 Å². The van der Waals surface area contributed by atoms with Gasteiger partial charge in [0.25, 0.3) is 0 Å². The summed E-state index contributed by atoms with van der Waals surface area (Å²) in [6.07, 6.45) is 0.712. The summed E-state index contributed by atoms with van der Waals surface area (Å²) in [6.45, 7) is 9.98. The Kier molecular flexibility index (Phi) is 6.29. The van der Waals surface area contributed by atoms with Crippen LogP contribution < -0.4 is 5.09 Å². The van der Waals surface area contributed by atoms with E-state index in [9.17, 15) is 9.36 Å². The molecular formula is C21H32NO6P. The molecule has 1 saturated carbocycles. The molecule has 29 heavy (non-hydrogen) atoms. The third-order valence-electron chi connectivity index (χ3n) is 6.07. The van der Waals surface area contributed by atoms with Gasteiger partial charge in [-0.3, -0.25) is 18.9 Å². The van der Waals surface area contributed by atoms with Crippen molar-refractivity contribution in [3.63, 3.8) is 0 Å². The Hall–Kier alpha value is -1.24. The fraction of sp³-hybridized carbons (Fsp3) is 0.667. The van der Waals surface area contributed by atoms with Gasteiger partial charge in [-0.15, -0.1) is 0 Å². The smallest absolute Gasteiger partial charge is 0.371 e. The van der Waals surface area contributed by atoms with E-state index in [-0.39, 0.29) is 25.2 Å². The molecule has 1 N–H and O–H groups in total. The van der Waals surface area contributed by atoms with Gasteiger partial charge in [-0.1, -0.05) is 30.3 Å². The Morgan fingerprint density at radius 3 is 2.38 bits per heavy atom. The third-order valence-corrected chi connectivity index (χ3v) is 7.75. The van der Waals surface area contributed by atoms with Gasteiger partial charge in [0.1, 0.15) is 0 Å². The van der Waals surface area contributed by atoms with Crippen LogP contribution in [-0.2, 0) is 34.5 Å². The lowest BCUT2D eigenvalue weighted by atomic mass is 9.72. The molecule has 2 fully saturated rings. The molecule has 162 valence electrons. The second-order valence-corrected chi connectivity index (χ2v) is 10.2. The fourth-order valence-corrected chi connectivity index (χ4v) is 6.03. The molecule has 1 aromatic rings. The first kappa shape index (κ1) is 22.4. The second-order valence-electron chi connectivity index (χ2n) is 8.45. The normalized spacial score (nSPS) is 30.4. The predicted molar refractivity (Wildman–Crippen MR) is 109 cm³/mol. The number of fused-ring (bicyclic) bond motifs is 2. The lowest BCUT2D eigenvalue weighted by molar-refractivity contribution is -0.202. The molecular weight excluding hydrogens is 393 g/mol. The number of hydrogen-bond donors (Lipinski definition) is 1. The largest absolute Gasteiger partial charge is 0.434 e. The van der Waals surface area contributed by atoms with Crippen molar-refractivity contribution in [1.29, 1.82) is 0 Å². The lowest BCUT2D eigenvalue weighted by Crippen LogP contribution is -2.55. The number of hydrogen-bond acceptors (Lipinski definition) is 6. The highest BCUT2D eigenvalue weighted by atomic mass is 31.2. The van der Waals surface area contributed by atoms with Gasteiger partial charge in [-0.05, 0) is 53.0 Å². The average Bonchev–Trinajstić information content (AvgIpc) is 3.05. The van der Waals surface area contributed by atoms with Gasteiger partial charge >= 0.3 is 7.75 Å². The minimum atomic E-state index is -3.72. The van der Waals surface area contributed by atoms with E-state index >= 15 is 0 Å². The summed E-state index contributed by atoms with van der Waals surface area (Å²) in [7, 11) is -3.72. The summed E-state index contributed by atoms with van der Waals surface area (Å²) in [4.78, 5) is 13.4. The zero-order valence-corrected chi connectivity index (χ0v) is 18.8. The van der Waals surface area contributed by atoms with Crippen LogP contribution in [0.3, 0.4) is 0 Å². The van der Waals surface area contributed by atoms with E-state index in [0.717, 1.165) is 5.56 Å². The number of nitrogens with one attached hydrogen (secondary N) is 1. The Bertz CT molecular complexity index is 775. The molecule has 7 nitrogen and oxygen atoms in total. The van der Waals surface area contributed by atoms with Crippen molar-refractivity contribution in [1.82, 2.24) is 5.09 Å². The van der Waals surface area contributed by atoms with Crippen LogP contribution >= 0.6 is 7.75 Å². The van der Waals surface area contributed by atoms with Crippen LogP contribution in [0.1, 0.15) is 53.0 Å². The van der Waals surface area contributed by atoms with Crippen molar-refractivity contribution < 1.29 is 27.9 Å². The topological polar surface area (TPSA) is 83.1 Å². The van der Waals surface area contributed by atoms with Crippen molar-refractivity contribution >= 4 is 13.7 Å². The number of rotatable bonds is 9. The Morgan fingerprint density at radius 2 is 1.79 bits per heavy atom. The first-order chi connectivity index (χ1) is 13.6. The third kappa shape index (κ3) is 4.17. The summed E-state index contributed by atoms with van der Waals surface area (Å²) >= 11 is 0. The Morgan fingerprint density at radius 1 is 1.17 bits per heavy atom. The highest BCUT2D eigenvalue weighted by Gasteiger charge is 2.71. The number of amides is 1. The maximum Gasteiger partial charge on any atom is 0.434 e. The van der Waals surface area contributed by atoms with Crippen molar-refractivity contribution in [2.24, 2.45) is 5.41 Å². The first-order valence-corrected chi connectivity index (χ1v) is 11.7. The van der Waals surface area contributed by atoms with Crippen LogP contribution in [0.2, 0.25) is 0 Å². The van der Waals surface area contributed by atoms with Crippen LogP contribution in [0.4, 0.5) is 0 Å². The van der Waals surface area contributed by atoms with Gasteiger partial charge in [0.05, 0.1) is 42.5 Å². The zero-order chi connectivity index (χ0) is 21.3. The maximum atomic E-state index is 13.4. The summed E-state index contributed by atoms with van der Waals surface area (Å²) in [5.74, 6) is -0.373. The van der Waals surface area contributed by atoms with Crippen molar-refractivity contribution in [2.45, 2.75) is 71.4 Å². The van der Waals surface area contributed by atoms with Crippen LogP contribution in [-0.4, -0.2) is 36.4 Å². The van der Waals surface area contributed by atoms with Crippen LogP contribution in [0.25, 0.3) is 0 Å². The quantitative estimate of drug-likeness (QED) is 0.597. The van der Waals surface area contributed by atoms with Gasteiger partial charge in [0.2, 0.25) is 5.91 Å². The van der Waals surface area contributed by atoms with Crippen LogP contribution in [0, 0.1) is 5.41 Å². The summed E-state index contributed by atoms with van der Waals surface area (Å²) in [5, 5.41) is 2.56. The molecule has 0 radical (unpaired) electrons. The second kappa shape index (κ2) is 8.12. The van der Waals surface area contributed by atoms with Crippen molar-refractivity contribution in [3.05, 3.63) is 35.9 Å². The molecule has 0 spiro atoms. The van der Waals surface area contributed by atoms with Gasteiger partial charge in [0, 0.05) is 0 Å². The van der Waals surface area contributed by atoms with Crippen molar-refractivity contribution in [3.8, 4) is 0 Å². The monoisotopic (exact) mass is 425 g/mol. The van der Waals surface area contributed by atoms with E-state index in [2.05, 4.69) is 5.09 Å². The van der Waals surface area contributed by atoms with E-state index < -0.39 is 24.4 Å². The zero-order valence-electron chi connectivity index (χ0n) is 17.9. The number of benzene rings is 1. The molecule has 1 heterocycles. The summed E-state index contributed by atoms with van der Waals surface area (Å²) in [6, 6.07) is 9.90. The molecule has 1 amide bonds. The van der Waals surface area contributed by atoms with Crippen LogP contribution in [0.5, 0.6) is 0 Å². The fourth-order valence-electron chi connectivity index (χ4n) is 4.68. The lowest BCUT2D eigenvalue weighted by Gasteiger charge is -2.44. The number of carbonyl (C=O) groups is 1. The Labute approximate surface area is 173 Å². The Balaban J connectivity index is 1.79. The van der Waals surface area contributed by atoms with Gasteiger partial charge in [0.15, 0.2) is 0 Å². The molecule has 3 atom stereocenters. The summed E-state index contributed by atoms with van der Waals surface area (Å²) < 4.78 is 35.9. The van der Waals surface area contributed by atoms with E-state index in [1.165, 1.54) is 0 Å². The summed E-state index contributed by atoms with van der Waals surface area (Å²) in [5.41, 5.74) is -1.15. The maximum absolute atomic E-state index is 13.4. The molecule has 1 saturated heterocycles. The highest BCUT2D eigenvalue weighted by Crippen LogP contribution is 2.63. The van der Waals surface area contributed by atoms with Gasteiger partial charge in [-0.25, -0.2) is 4.57 Å². The highest BCUT2D eigenvalue weighted by molar-refractivity contribution is 7.52. The molecule has 1 aliphatic heterocycles. The minimum absolute atomic E-state index is 0.172. The molecule has 0 unspecified atom stereocenters. The van der Waals surface area contributed by atoms with E-state index in [0.29, 0.717) is 19.4 Å². The van der Waals surface area contributed by atoms with E-state index in [1.807, 2.05) is 51.1 Å². The molecule has 1 aliphatic carbocycles. The standard InChI is InChI=1S/C21H32NO6P/c1-6-26-29(24,27-7-2)22-18(23)21-13-17(20(5,15-21)28-19(21,3)4)25-14-16-11-9-8-10-12-16/h8-12,17H,6-7,13-15H2,1-5H3,(H,22,23,24)/t17-,20+,21+/m0/s1. The van der Waals surface area contributed by atoms with Gasteiger partial charge < -0.3 is 9.47 Å². The minimum Gasteiger partial charge on any atom is -0.371 e. The molecule has 0 aromatic heterocycles. The number of carbonyl (C=O) groups excluding carboxylic acids is 1. The molecule has 1 aromatic carbocycles. The first-order valence-electron chi connectivity index (χ1n) is 10.2. The average molecular weight is 425 g/mol. The van der Waals surface area contributed by atoms with Crippen LogP contribution in [0.15, 0.2) is 30.3 Å². The van der Waals surface area contributed by atoms with Crippen molar-refractivity contribution in [2.75, 3.05) is 13.2 Å². The molecule has 2 aliphatic rings. The number of ether oxygens (including phenoxy) is 2. The molecule has 2 bridgehead atoms.